The van der Waals surface area contributed by atoms with Gasteiger partial charge in [0.1, 0.15) is 17.4 Å². The Bertz CT molecular complexity index is 1120. The Morgan fingerprint density at radius 1 is 1.06 bits per heavy atom. The third-order valence-corrected chi connectivity index (χ3v) is 5.89. The monoisotopic (exact) mass is 454 g/mol. The number of halogens is 1. The smallest absolute Gasteiger partial charge is 0.355 e. The van der Waals surface area contributed by atoms with Gasteiger partial charge in [-0.05, 0) is 48.5 Å². The maximum absolute atomic E-state index is 13.5. The SMILES string of the molecule is COc1ccc(C2(C3CC(=O)N(c4ccc(Cl)cc4)C3=O)N=C(C(C)(C)C)C(=O)O2)cc1. The Labute approximate surface area is 191 Å². The lowest BCUT2D eigenvalue weighted by Crippen LogP contribution is -2.40. The van der Waals surface area contributed by atoms with Gasteiger partial charge >= 0.3 is 5.97 Å². The summed E-state index contributed by atoms with van der Waals surface area (Å²) in [5.41, 5.74) is -1.12. The molecule has 32 heavy (non-hydrogen) atoms. The number of methoxy groups -OCH3 is 1. The molecule has 2 aliphatic heterocycles. The van der Waals surface area contributed by atoms with Crippen molar-refractivity contribution in [3.8, 4) is 5.75 Å². The Balaban J connectivity index is 1.83. The molecule has 2 aliphatic rings. The lowest BCUT2D eigenvalue weighted by atomic mass is 9.86. The first-order chi connectivity index (χ1) is 15.1. The zero-order valence-corrected chi connectivity index (χ0v) is 19.0. The van der Waals surface area contributed by atoms with Crippen LogP contribution in [0.2, 0.25) is 5.02 Å². The highest BCUT2D eigenvalue weighted by atomic mass is 35.5. The Kier molecular flexibility index (Phi) is 5.33. The number of benzene rings is 2. The van der Waals surface area contributed by atoms with Crippen molar-refractivity contribution in [2.45, 2.75) is 32.9 Å². The van der Waals surface area contributed by atoms with Crippen molar-refractivity contribution in [2.75, 3.05) is 12.0 Å². The molecule has 7 nitrogen and oxygen atoms in total. The second-order valence-corrected chi connectivity index (χ2v) is 9.26. The minimum Gasteiger partial charge on any atom is -0.497 e. The third-order valence-electron chi connectivity index (χ3n) is 5.64. The van der Waals surface area contributed by atoms with Gasteiger partial charge in [-0.25, -0.2) is 9.79 Å². The van der Waals surface area contributed by atoms with Crippen LogP contribution in [0.15, 0.2) is 53.5 Å². The zero-order valence-electron chi connectivity index (χ0n) is 18.2. The average Bonchev–Trinajstić information content (AvgIpc) is 3.26. The summed E-state index contributed by atoms with van der Waals surface area (Å²) in [5, 5.41) is 0.489. The molecule has 0 aromatic heterocycles. The minimum atomic E-state index is -1.64. The molecule has 1 fully saturated rings. The quantitative estimate of drug-likeness (QED) is 0.512. The summed E-state index contributed by atoms with van der Waals surface area (Å²) in [6, 6.07) is 13.2. The molecule has 2 atom stereocenters. The largest absolute Gasteiger partial charge is 0.497 e. The number of anilines is 1. The van der Waals surface area contributed by atoms with Gasteiger partial charge in [0.25, 0.3) is 0 Å². The molecule has 0 bridgehead atoms. The second-order valence-electron chi connectivity index (χ2n) is 8.83. The summed E-state index contributed by atoms with van der Waals surface area (Å²) in [7, 11) is 1.54. The standard InChI is InChI=1S/C24H23ClN2O5/c1-23(2,3)20-22(30)32-24(26-20,14-5-11-17(31-4)12-6-14)18-13-19(28)27(21(18)29)16-9-7-15(25)8-10-16/h5-12,18H,13H2,1-4H3. The number of carbonyl (C=O) groups excluding carboxylic acids is 3. The van der Waals surface area contributed by atoms with Crippen molar-refractivity contribution in [1.82, 2.24) is 0 Å². The van der Waals surface area contributed by atoms with Gasteiger partial charge in [-0.15, -0.1) is 0 Å². The molecule has 0 radical (unpaired) electrons. The second kappa shape index (κ2) is 7.74. The average molecular weight is 455 g/mol. The van der Waals surface area contributed by atoms with Crippen molar-refractivity contribution in [2.24, 2.45) is 16.3 Å². The number of nitrogens with zero attached hydrogens (tertiary/aromatic N) is 2. The van der Waals surface area contributed by atoms with E-state index in [1.54, 1.807) is 55.6 Å². The number of ether oxygens (including phenoxy) is 2. The van der Waals surface area contributed by atoms with Crippen LogP contribution in [0.3, 0.4) is 0 Å². The van der Waals surface area contributed by atoms with Crippen molar-refractivity contribution in [3.63, 3.8) is 0 Å². The summed E-state index contributed by atoms with van der Waals surface area (Å²) in [6.07, 6.45) is -0.151. The van der Waals surface area contributed by atoms with Gasteiger partial charge < -0.3 is 9.47 Å². The lowest BCUT2D eigenvalue weighted by molar-refractivity contribution is -0.156. The normalized spacial score (nSPS) is 23.4. The van der Waals surface area contributed by atoms with Crippen molar-refractivity contribution in [1.29, 1.82) is 0 Å². The van der Waals surface area contributed by atoms with Crippen LogP contribution in [0.4, 0.5) is 5.69 Å². The van der Waals surface area contributed by atoms with Crippen LogP contribution in [0.25, 0.3) is 0 Å². The number of aliphatic imine (C=N–C) groups is 1. The number of esters is 1. The van der Waals surface area contributed by atoms with E-state index >= 15 is 0 Å². The molecule has 0 N–H and O–H groups in total. The van der Waals surface area contributed by atoms with Gasteiger partial charge in [0.2, 0.25) is 17.5 Å². The Hall–Kier alpha value is -3.19. The highest BCUT2D eigenvalue weighted by molar-refractivity contribution is 6.40. The molecule has 2 unspecified atom stereocenters. The molecular weight excluding hydrogens is 432 g/mol. The summed E-state index contributed by atoms with van der Waals surface area (Å²) >= 11 is 5.95. The highest BCUT2D eigenvalue weighted by Gasteiger charge is 2.59. The first-order valence-corrected chi connectivity index (χ1v) is 10.5. The molecule has 4 rings (SSSR count). The first kappa shape index (κ1) is 22.0. The van der Waals surface area contributed by atoms with E-state index in [0.717, 1.165) is 4.90 Å². The third kappa shape index (κ3) is 3.56. The molecule has 0 saturated carbocycles. The number of hydrogen-bond donors (Lipinski definition) is 0. The predicted octanol–water partition coefficient (Wildman–Crippen LogP) is 4.13. The van der Waals surface area contributed by atoms with Crippen LogP contribution < -0.4 is 9.64 Å². The number of carbonyl (C=O) groups is 3. The minimum absolute atomic E-state index is 0.151. The number of rotatable bonds is 4. The van der Waals surface area contributed by atoms with Crippen LogP contribution in [-0.4, -0.2) is 30.6 Å². The number of hydrogen-bond acceptors (Lipinski definition) is 6. The summed E-state index contributed by atoms with van der Waals surface area (Å²) in [6.45, 7) is 5.54. The maximum atomic E-state index is 13.5. The molecule has 1 saturated heterocycles. The fourth-order valence-corrected chi connectivity index (χ4v) is 4.13. The number of cyclic esters (lactones) is 1. The summed E-state index contributed by atoms with van der Waals surface area (Å²) in [4.78, 5) is 45.1. The van der Waals surface area contributed by atoms with E-state index < -0.39 is 34.8 Å². The van der Waals surface area contributed by atoms with Gasteiger partial charge in [-0.2, -0.15) is 0 Å². The molecule has 166 valence electrons. The fourth-order valence-electron chi connectivity index (χ4n) is 4.00. The van der Waals surface area contributed by atoms with Gasteiger partial charge in [-0.1, -0.05) is 32.4 Å². The predicted molar refractivity (Wildman–Crippen MR) is 120 cm³/mol. The maximum Gasteiger partial charge on any atom is 0.355 e. The number of amides is 2. The molecular formula is C24H23ClN2O5. The summed E-state index contributed by atoms with van der Waals surface area (Å²) in [5.74, 6) is -1.89. The van der Waals surface area contributed by atoms with E-state index in [2.05, 4.69) is 4.99 Å². The lowest BCUT2D eigenvalue weighted by Gasteiger charge is -2.30. The molecule has 2 aromatic rings. The highest BCUT2D eigenvalue weighted by Crippen LogP contribution is 2.47. The summed E-state index contributed by atoms with van der Waals surface area (Å²) < 4.78 is 11.1. The van der Waals surface area contributed by atoms with E-state index in [9.17, 15) is 14.4 Å². The Morgan fingerprint density at radius 2 is 1.69 bits per heavy atom. The van der Waals surface area contributed by atoms with Crippen molar-refractivity contribution < 1.29 is 23.9 Å². The number of imide groups is 1. The van der Waals surface area contributed by atoms with E-state index in [1.807, 2.05) is 20.8 Å². The van der Waals surface area contributed by atoms with Crippen LogP contribution in [0.1, 0.15) is 32.8 Å². The topological polar surface area (TPSA) is 85.3 Å². The van der Waals surface area contributed by atoms with Gasteiger partial charge in [0.05, 0.1) is 12.8 Å². The van der Waals surface area contributed by atoms with E-state index in [4.69, 9.17) is 21.1 Å². The molecule has 2 heterocycles. The van der Waals surface area contributed by atoms with Crippen molar-refractivity contribution >= 4 is 40.8 Å². The molecule has 0 spiro atoms. The van der Waals surface area contributed by atoms with Crippen LogP contribution in [0.5, 0.6) is 5.75 Å². The fraction of sp³-hybridized carbons (Fsp3) is 0.333. The van der Waals surface area contributed by atoms with E-state index in [-0.39, 0.29) is 12.1 Å². The van der Waals surface area contributed by atoms with E-state index in [1.165, 1.54) is 0 Å². The van der Waals surface area contributed by atoms with Gasteiger partial charge in [0.15, 0.2) is 0 Å². The van der Waals surface area contributed by atoms with E-state index in [0.29, 0.717) is 22.0 Å². The Morgan fingerprint density at radius 3 is 2.22 bits per heavy atom. The molecule has 0 aliphatic carbocycles. The zero-order chi connectivity index (χ0) is 23.3. The molecule has 2 aromatic carbocycles. The molecule has 8 heteroatoms. The van der Waals surface area contributed by atoms with Gasteiger partial charge in [0, 0.05) is 22.4 Å². The van der Waals surface area contributed by atoms with Gasteiger partial charge in [-0.3, -0.25) is 14.5 Å². The van der Waals surface area contributed by atoms with Crippen LogP contribution in [-0.2, 0) is 24.8 Å². The van der Waals surface area contributed by atoms with Crippen LogP contribution in [0, 0.1) is 11.3 Å². The van der Waals surface area contributed by atoms with Crippen molar-refractivity contribution in [3.05, 3.63) is 59.1 Å². The molecule has 2 amide bonds. The van der Waals surface area contributed by atoms with Crippen LogP contribution >= 0.6 is 11.6 Å². The first-order valence-electron chi connectivity index (χ1n) is 10.2.